The number of nitrogens with zero attached hydrogens (tertiary/aromatic N) is 2. The second-order valence-electron chi connectivity index (χ2n) is 8.01. The van der Waals surface area contributed by atoms with Crippen molar-refractivity contribution in [3.63, 3.8) is 0 Å². The van der Waals surface area contributed by atoms with Crippen LogP contribution in [0, 0.1) is 17.0 Å². The van der Waals surface area contributed by atoms with E-state index in [0.29, 0.717) is 17.0 Å². The molecule has 4 rings (SSSR count). The van der Waals surface area contributed by atoms with Crippen molar-refractivity contribution in [1.29, 1.82) is 0 Å². The average Bonchev–Trinajstić information content (AvgIpc) is 2.86. The van der Waals surface area contributed by atoms with E-state index in [9.17, 15) is 29.3 Å². The van der Waals surface area contributed by atoms with Gasteiger partial charge in [-0.1, -0.05) is 24.3 Å². The quantitative estimate of drug-likeness (QED) is 0.218. The molecule has 0 atom stereocenters. The molecule has 0 aromatic heterocycles. The van der Waals surface area contributed by atoms with E-state index in [0.717, 1.165) is 22.6 Å². The first-order chi connectivity index (χ1) is 17.7. The van der Waals surface area contributed by atoms with Crippen LogP contribution in [0.1, 0.15) is 11.1 Å². The highest BCUT2D eigenvalue weighted by molar-refractivity contribution is 6.39. The summed E-state index contributed by atoms with van der Waals surface area (Å²) in [6.07, 6.45) is 1.30. The second-order valence-corrected chi connectivity index (χ2v) is 8.01. The number of nitrogens with one attached hydrogen (secondary N) is 2. The normalized spacial score (nSPS) is 14.4. The average molecular weight is 500 g/mol. The number of carbonyl (C=O) groups excluding carboxylic acids is 4. The summed E-state index contributed by atoms with van der Waals surface area (Å²) >= 11 is 0. The Morgan fingerprint density at radius 1 is 1.05 bits per heavy atom. The Bertz CT molecular complexity index is 1430. The summed E-state index contributed by atoms with van der Waals surface area (Å²) in [4.78, 5) is 60.7. The fourth-order valence-corrected chi connectivity index (χ4v) is 3.51. The number of imide groups is 2. The molecule has 0 bridgehead atoms. The molecule has 1 heterocycles. The molecule has 11 heteroatoms. The van der Waals surface area contributed by atoms with Gasteiger partial charge in [-0.2, -0.15) is 0 Å². The summed E-state index contributed by atoms with van der Waals surface area (Å²) in [5.41, 5.74) is 1.69. The fourth-order valence-electron chi connectivity index (χ4n) is 3.51. The van der Waals surface area contributed by atoms with Gasteiger partial charge in [-0.25, -0.2) is 9.69 Å². The summed E-state index contributed by atoms with van der Waals surface area (Å²) in [6.45, 7) is 1.69. The SMILES string of the molecule is Cc1cccc(NC(=O)COc2ccc(/C=C3/C(=O)NC(=O)N(c4ccc([N+](=O)[O-])cc4)C3=O)cc2)c1. The lowest BCUT2D eigenvalue weighted by Crippen LogP contribution is -2.54. The van der Waals surface area contributed by atoms with Crippen LogP contribution >= 0.6 is 0 Å². The zero-order valence-corrected chi connectivity index (χ0v) is 19.5. The van der Waals surface area contributed by atoms with E-state index in [1.54, 1.807) is 30.3 Å². The lowest BCUT2D eigenvalue weighted by Gasteiger charge is -2.26. The van der Waals surface area contributed by atoms with E-state index in [-0.39, 0.29) is 29.5 Å². The maximum Gasteiger partial charge on any atom is 0.335 e. The zero-order chi connectivity index (χ0) is 26.5. The number of nitro groups is 1. The topological polar surface area (TPSA) is 148 Å². The number of carbonyl (C=O) groups is 4. The predicted octanol–water partition coefficient (Wildman–Crippen LogP) is 3.59. The van der Waals surface area contributed by atoms with Gasteiger partial charge in [0.05, 0.1) is 10.6 Å². The van der Waals surface area contributed by atoms with Gasteiger partial charge in [0, 0.05) is 17.8 Å². The maximum absolute atomic E-state index is 13.0. The van der Waals surface area contributed by atoms with Gasteiger partial charge in [0.25, 0.3) is 23.4 Å². The van der Waals surface area contributed by atoms with Crippen molar-refractivity contribution in [3.8, 4) is 5.75 Å². The van der Waals surface area contributed by atoms with Crippen LogP contribution in [0.3, 0.4) is 0 Å². The number of benzene rings is 3. The standard InChI is InChI=1S/C26H20N4O7/c1-16-3-2-4-18(13-16)27-23(31)15-37-21-11-5-17(6-12-21)14-22-24(32)28-26(34)29(25(22)33)19-7-9-20(10-8-19)30(35)36/h2-14H,15H2,1H3,(H,27,31)(H,28,32,34)/b22-14-. The number of barbiturate groups is 1. The van der Waals surface area contributed by atoms with Gasteiger partial charge >= 0.3 is 6.03 Å². The van der Waals surface area contributed by atoms with Crippen LogP contribution in [0.4, 0.5) is 21.9 Å². The van der Waals surface area contributed by atoms with E-state index in [4.69, 9.17) is 4.74 Å². The minimum Gasteiger partial charge on any atom is -0.484 e. The minimum absolute atomic E-state index is 0.0687. The summed E-state index contributed by atoms with van der Waals surface area (Å²) in [5, 5.41) is 15.7. The van der Waals surface area contributed by atoms with Gasteiger partial charge in [-0.05, 0) is 60.5 Å². The highest BCUT2D eigenvalue weighted by Crippen LogP contribution is 2.24. The van der Waals surface area contributed by atoms with E-state index < -0.39 is 22.8 Å². The van der Waals surface area contributed by atoms with Crippen LogP contribution in [0.25, 0.3) is 6.08 Å². The van der Waals surface area contributed by atoms with Crippen molar-refractivity contribution < 1.29 is 28.8 Å². The summed E-state index contributed by atoms with van der Waals surface area (Å²) < 4.78 is 5.49. The predicted molar refractivity (Wildman–Crippen MR) is 134 cm³/mol. The van der Waals surface area contributed by atoms with Crippen LogP contribution in [0.2, 0.25) is 0 Å². The van der Waals surface area contributed by atoms with Crippen molar-refractivity contribution >= 4 is 46.9 Å². The summed E-state index contributed by atoms with van der Waals surface area (Å²) in [5.74, 6) is -1.70. The molecular formula is C26H20N4O7. The number of hydrogen-bond donors (Lipinski definition) is 2. The molecule has 186 valence electrons. The number of aryl methyl sites for hydroxylation is 1. The van der Waals surface area contributed by atoms with Crippen LogP contribution in [0.5, 0.6) is 5.75 Å². The first-order valence-corrected chi connectivity index (χ1v) is 11.0. The molecule has 1 aliphatic rings. The zero-order valence-electron chi connectivity index (χ0n) is 19.5. The van der Waals surface area contributed by atoms with E-state index in [1.165, 1.54) is 18.2 Å². The smallest absolute Gasteiger partial charge is 0.335 e. The van der Waals surface area contributed by atoms with Gasteiger partial charge in [0.2, 0.25) is 0 Å². The number of hydrogen-bond acceptors (Lipinski definition) is 7. The Balaban J connectivity index is 1.43. The molecule has 1 aliphatic heterocycles. The molecule has 1 saturated heterocycles. The number of anilines is 2. The number of rotatable bonds is 7. The van der Waals surface area contributed by atoms with Crippen molar-refractivity contribution in [2.45, 2.75) is 6.92 Å². The molecule has 11 nitrogen and oxygen atoms in total. The second kappa shape index (κ2) is 10.5. The van der Waals surface area contributed by atoms with Crippen molar-refractivity contribution in [2.24, 2.45) is 0 Å². The Labute approximate surface area is 210 Å². The first-order valence-electron chi connectivity index (χ1n) is 11.0. The molecule has 37 heavy (non-hydrogen) atoms. The Morgan fingerprint density at radius 2 is 1.76 bits per heavy atom. The minimum atomic E-state index is -0.964. The molecule has 0 saturated carbocycles. The van der Waals surface area contributed by atoms with Gasteiger partial charge in [-0.3, -0.25) is 29.8 Å². The number of ether oxygens (including phenoxy) is 1. The molecular weight excluding hydrogens is 480 g/mol. The van der Waals surface area contributed by atoms with Crippen LogP contribution in [0.15, 0.2) is 78.4 Å². The fraction of sp³-hybridized carbons (Fsp3) is 0.0769. The summed E-state index contributed by atoms with van der Waals surface area (Å²) in [7, 11) is 0. The van der Waals surface area contributed by atoms with Crippen molar-refractivity contribution in [2.75, 3.05) is 16.8 Å². The van der Waals surface area contributed by atoms with E-state index >= 15 is 0 Å². The molecule has 0 radical (unpaired) electrons. The molecule has 0 aliphatic carbocycles. The van der Waals surface area contributed by atoms with Crippen LogP contribution in [-0.2, 0) is 14.4 Å². The molecule has 3 aromatic rings. The molecule has 0 spiro atoms. The van der Waals surface area contributed by atoms with Gasteiger partial charge < -0.3 is 10.1 Å². The van der Waals surface area contributed by atoms with Crippen molar-refractivity contribution in [1.82, 2.24) is 5.32 Å². The summed E-state index contributed by atoms with van der Waals surface area (Å²) in [6, 6.07) is 17.4. The van der Waals surface area contributed by atoms with Crippen LogP contribution < -0.4 is 20.3 Å². The number of amides is 5. The van der Waals surface area contributed by atoms with Gasteiger partial charge in [0.15, 0.2) is 6.61 Å². The molecule has 5 amide bonds. The number of non-ortho nitro benzene ring substituents is 1. The van der Waals surface area contributed by atoms with Gasteiger partial charge in [0.1, 0.15) is 11.3 Å². The Morgan fingerprint density at radius 3 is 2.41 bits per heavy atom. The first kappa shape index (κ1) is 24.8. The molecule has 0 unspecified atom stereocenters. The molecule has 2 N–H and O–H groups in total. The highest BCUT2D eigenvalue weighted by Gasteiger charge is 2.36. The third kappa shape index (κ3) is 5.85. The Hall–Kier alpha value is -5.32. The third-order valence-corrected chi connectivity index (χ3v) is 5.28. The number of nitro benzene ring substituents is 1. The van der Waals surface area contributed by atoms with E-state index in [1.807, 2.05) is 25.1 Å². The lowest BCUT2D eigenvalue weighted by molar-refractivity contribution is -0.384. The van der Waals surface area contributed by atoms with Crippen molar-refractivity contribution in [3.05, 3.63) is 99.6 Å². The monoisotopic (exact) mass is 500 g/mol. The van der Waals surface area contributed by atoms with E-state index in [2.05, 4.69) is 10.6 Å². The van der Waals surface area contributed by atoms with Crippen LogP contribution in [-0.4, -0.2) is 35.3 Å². The Kier molecular flexibility index (Phi) is 7.05. The third-order valence-electron chi connectivity index (χ3n) is 5.28. The van der Waals surface area contributed by atoms with Gasteiger partial charge in [-0.15, -0.1) is 0 Å². The lowest BCUT2D eigenvalue weighted by atomic mass is 10.1. The maximum atomic E-state index is 13.0. The molecule has 1 fully saturated rings. The highest BCUT2D eigenvalue weighted by atomic mass is 16.6. The molecule has 3 aromatic carbocycles. The largest absolute Gasteiger partial charge is 0.484 e. The number of urea groups is 1.